The first kappa shape index (κ1) is 23.2. The fraction of sp³-hybridized carbons (Fsp3) is 0.250. The molecule has 0 spiro atoms. The maximum absolute atomic E-state index is 2.43. The molecular formula is C24H24Cl2NTi. The van der Waals surface area contributed by atoms with Crippen molar-refractivity contribution >= 4 is 0 Å². The van der Waals surface area contributed by atoms with Gasteiger partial charge < -0.3 is 24.8 Å². The van der Waals surface area contributed by atoms with Crippen LogP contribution in [0.4, 0.5) is 0 Å². The number of rotatable bonds is 3. The first-order valence-electron chi connectivity index (χ1n) is 9.22. The fourth-order valence-electron chi connectivity index (χ4n) is 3.86. The van der Waals surface area contributed by atoms with Gasteiger partial charge in [0.25, 0.3) is 0 Å². The first-order chi connectivity index (χ1) is 12.5. The molecule has 0 aromatic heterocycles. The van der Waals surface area contributed by atoms with Gasteiger partial charge >= 0.3 is 169 Å². The second-order valence-electron chi connectivity index (χ2n) is 8.06. The molecule has 143 valence electrons. The van der Waals surface area contributed by atoms with Gasteiger partial charge in [-0.2, -0.15) is 0 Å². The zero-order valence-electron chi connectivity index (χ0n) is 16.4. The molecule has 1 nitrogen and oxygen atoms in total. The van der Waals surface area contributed by atoms with Gasteiger partial charge in [-0.25, -0.2) is 0 Å². The molecule has 0 bridgehead atoms. The van der Waals surface area contributed by atoms with Crippen molar-refractivity contribution in [3.05, 3.63) is 95.1 Å². The van der Waals surface area contributed by atoms with Crippen LogP contribution in [0.25, 0.3) is 11.1 Å². The molecule has 0 radical (unpaired) electrons. The van der Waals surface area contributed by atoms with E-state index in [4.69, 9.17) is 0 Å². The molecule has 4 rings (SSSR count). The Morgan fingerprint density at radius 2 is 1.14 bits per heavy atom. The summed E-state index contributed by atoms with van der Waals surface area (Å²) in [7, 11) is 0. The Bertz CT molecular complexity index is 904. The third-order valence-corrected chi connectivity index (χ3v) is 6.63. The van der Waals surface area contributed by atoms with E-state index in [1.54, 1.807) is 0 Å². The predicted octanol–water partition coefficient (Wildman–Crippen LogP) is -0.0825. The minimum Gasteiger partial charge on any atom is -1.00 e. The van der Waals surface area contributed by atoms with Gasteiger partial charge in [-0.15, -0.1) is 0 Å². The predicted molar refractivity (Wildman–Crippen MR) is 105 cm³/mol. The molecule has 0 fully saturated rings. The van der Waals surface area contributed by atoms with Gasteiger partial charge in [0.15, 0.2) is 0 Å². The summed E-state index contributed by atoms with van der Waals surface area (Å²) in [5.74, 6) is 0.326. The number of nitrogens with zero attached hydrogens (tertiary/aromatic N) is 1. The first-order valence-corrected chi connectivity index (χ1v) is 9.91. The van der Waals surface area contributed by atoms with Crippen LogP contribution in [0.1, 0.15) is 48.9 Å². The van der Waals surface area contributed by atoms with Gasteiger partial charge in [0.2, 0.25) is 0 Å². The van der Waals surface area contributed by atoms with Crippen molar-refractivity contribution in [1.82, 2.24) is 3.38 Å². The molecule has 3 aromatic rings. The molecule has 0 atom stereocenters. The summed E-state index contributed by atoms with van der Waals surface area (Å²) in [6, 6.07) is 26.7. The number of hydrogen-bond donors (Lipinski definition) is 0. The van der Waals surface area contributed by atoms with E-state index >= 15 is 0 Å². The third kappa shape index (κ3) is 4.25. The summed E-state index contributed by atoms with van der Waals surface area (Å²) in [5.41, 5.74) is 8.62. The molecule has 0 N–H and O–H groups in total. The Morgan fingerprint density at radius 1 is 0.714 bits per heavy atom. The van der Waals surface area contributed by atoms with Gasteiger partial charge in [0, 0.05) is 0 Å². The van der Waals surface area contributed by atoms with Crippen molar-refractivity contribution in [2.24, 2.45) is 0 Å². The number of halogens is 2. The van der Waals surface area contributed by atoms with Crippen LogP contribution in [0.5, 0.6) is 0 Å². The number of hydrogen-bond acceptors (Lipinski definition) is 1. The van der Waals surface area contributed by atoms with E-state index in [9.17, 15) is 0 Å². The quantitative estimate of drug-likeness (QED) is 0.399. The molecular weight excluding hydrogens is 421 g/mol. The second kappa shape index (κ2) is 9.16. The zero-order valence-corrected chi connectivity index (χ0v) is 19.5. The molecule has 0 saturated carbocycles. The standard InChI is InChI=1S/C24H24N.2ClH.Ti/c1-24(2,3)25-16-17-10-4-5-11-18(17)23-21-14-8-6-12-19(21)20-13-7-9-15-22(20)23;;;/h4-15,23H,16H2,1-3H3;2*1H;/q-1;;;+3/p-2. The van der Waals surface area contributed by atoms with E-state index in [1.165, 1.54) is 33.4 Å². The Morgan fingerprint density at radius 3 is 1.64 bits per heavy atom. The minimum atomic E-state index is 0. The van der Waals surface area contributed by atoms with E-state index in [1.807, 2.05) is 0 Å². The summed E-state index contributed by atoms with van der Waals surface area (Å²) >= 11 is 2.22. The largest absolute Gasteiger partial charge is 1.00 e. The van der Waals surface area contributed by atoms with Gasteiger partial charge in [0.1, 0.15) is 0 Å². The SMILES string of the molecule is CC(C)(C)[N]([Ti+2])Cc1ccccc1C1c2ccccc2-c2ccccc21.[Cl-].[Cl-]. The maximum atomic E-state index is 2.43. The van der Waals surface area contributed by atoms with E-state index in [0.717, 1.165) is 6.54 Å². The molecule has 0 amide bonds. The second-order valence-corrected chi connectivity index (χ2v) is 8.91. The Hall–Kier alpha value is -1.09. The number of fused-ring (bicyclic) bond motifs is 3. The summed E-state index contributed by atoms with van der Waals surface area (Å²) in [5, 5.41) is 0. The van der Waals surface area contributed by atoms with Crippen LogP contribution in [0.3, 0.4) is 0 Å². The smallest absolute Gasteiger partial charge is 1.00 e. The number of benzene rings is 3. The molecule has 4 heteroatoms. The van der Waals surface area contributed by atoms with E-state index in [-0.39, 0.29) is 30.4 Å². The van der Waals surface area contributed by atoms with Crippen LogP contribution in [0, 0.1) is 0 Å². The van der Waals surface area contributed by atoms with Gasteiger partial charge in [-0.1, -0.05) is 0 Å². The van der Waals surface area contributed by atoms with Crippen molar-refractivity contribution in [2.75, 3.05) is 0 Å². The summed E-state index contributed by atoms with van der Waals surface area (Å²) < 4.78 is 2.43. The van der Waals surface area contributed by atoms with Crippen LogP contribution < -0.4 is 24.8 Å². The van der Waals surface area contributed by atoms with Crippen molar-refractivity contribution in [1.29, 1.82) is 0 Å². The molecule has 28 heavy (non-hydrogen) atoms. The topological polar surface area (TPSA) is 3.24 Å². The molecule has 0 saturated heterocycles. The van der Waals surface area contributed by atoms with Crippen molar-refractivity contribution in [2.45, 2.75) is 38.8 Å². The van der Waals surface area contributed by atoms with Crippen LogP contribution in [-0.4, -0.2) is 8.92 Å². The average Bonchev–Trinajstić information content (AvgIpc) is 2.96. The average molecular weight is 445 g/mol. The summed E-state index contributed by atoms with van der Waals surface area (Å²) in [6.45, 7) is 7.78. The molecule has 0 aliphatic heterocycles. The van der Waals surface area contributed by atoms with Gasteiger partial charge in [-0.3, -0.25) is 0 Å². The molecule has 1 aliphatic carbocycles. The van der Waals surface area contributed by atoms with Gasteiger partial charge in [-0.05, 0) is 0 Å². The van der Waals surface area contributed by atoms with Crippen molar-refractivity contribution in [3.8, 4) is 11.1 Å². The molecule has 3 aromatic carbocycles. The van der Waals surface area contributed by atoms with Crippen LogP contribution in [-0.2, 0) is 27.2 Å². The van der Waals surface area contributed by atoms with E-state index in [0.29, 0.717) is 5.92 Å². The minimum absolute atomic E-state index is 0. The van der Waals surface area contributed by atoms with Crippen LogP contribution >= 0.6 is 0 Å². The molecule has 0 unspecified atom stereocenters. The third-order valence-electron chi connectivity index (χ3n) is 5.34. The van der Waals surface area contributed by atoms with Crippen LogP contribution in [0.2, 0.25) is 0 Å². The summed E-state index contributed by atoms with van der Waals surface area (Å²) in [6.07, 6.45) is 0. The fourth-order valence-corrected chi connectivity index (χ4v) is 4.12. The molecule has 1 aliphatic rings. The maximum Gasteiger partial charge on any atom is -1.00 e. The van der Waals surface area contributed by atoms with Crippen molar-refractivity contribution in [3.63, 3.8) is 0 Å². The van der Waals surface area contributed by atoms with E-state index < -0.39 is 0 Å². The monoisotopic (exact) mass is 444 g/mol. The van der Waals surface area contributed by atoms with E-state index in [2.05, 4.69) is 118 Å². The Balaban J connectivity index is 0.00000140. The Kier molecular flexibility index (Phi) is 7.59. The normalized spacial score (nSPS) is 12.8. The van der Waals surface area contributed by atoms with Crippen LogP contribution in [0.15, 0.2) is 72.8 Å². The van der Waals surface area contributed by atoms with Crippen molar-refractivity contribution < 1.29 is 45.5 Å². The Labute approximate surface area is 193 Å². The summed E-state index contributed by atoms with van der Waals surface area (Å²) in [4.78, 5) is 0. The molecule has 0 heterocycles. The zero-order chi connectivity index (χ0) is 18.3. The van der Waals surface area contributed by atoms with Gasteiger partial charge in [0.05, 0.1) is 0 Å².